The number of rotatable bonds is 6. The molecule has 0 aliphatic carbocycles. The van der Waals surface area contributed by atoms with Gasteiger partial charge in [-0.3, -0.25) is 4.79 Å². The summed E-state index contributed by atoms with van der Waals surface area (Å²) in [5.41, 5.74) is 6.87. The molecule has 1 aliphatic heterocycles. The van der Waals surface area contributed by atoms with Crippen LogP contribution in [0.5, 0.6) is 5.75 Å². The minimum Gasteiger partial charge on any atom is -0.497 e. The van der Waals surface area contributed by atoms with Gasteiger partial charge in [-0.2, -0.15) is 0 Å². The number of aryl methyl sites for hydroxylation is 3. The number of carboxylic acids is 1. The summed E-state index contributed by atoms with van der Waals surface area (Å²) in [6.45, 7) is 11.9. The van der Waals surface area contributed by atoms with Crippen LogP contribution in [0.3, 0.4) is 0 Å². The van der Waals surface area contributed by atoms with E-state index in [4.69, 9.17) is 9.47 Å². The van der Waals surface area contributed by atoms with Crippen molar-refractivity contribution < 1.29 is 24.2 Å². The Morgan fingerprint density at radius 3 is 2.22 bits per heavy atom. The van der Waals surface area contributed by atoms with Gasteiger partial charge >= 0.3 is 5.97 Å². The van der Waals surface area contributed by atoms with Gasteiger partial charge in [-0.25, -0.2) is 4.79 Å². The van der Waals surface area contributed by atoms with Crippen LogP contribution in [-0.4, -0.2) is 36.2 Å². The number of ether oxygens (including phenoxy) is 2. The molecule has 0 spiro atoms. The van der Waals surface area contributed by atoms with Gasteiger partial charge in [0.25, 0.3) is 5.91 Å². The fraction of sp³-hybridized carbons (Fsp3) is 0.355. The summed E-state index contributed by atoms with van der Waals surface area (Å²) in [7, 11) is 1.60. The van der Waals surface area contributed by atoms with E-state index < -0.39 is 17.7 Å². The van der Waals surface area contributed by atoms with Gasteiger partial charge in [0.1, 0.15) is 5.75 Å². The van der Waals surface area contributed by atoms with Crippen LogP contribution in [0.4, 0.5) is 5.69 Å². The minimum absolute atomic E-state index is 0.0818. The number of amides is 1. The number of anilines is 1. The third kappa shape index (κ3) is 5.25. The molecule has 6 nitrogen and oxygen atoms in total. The van der Waals surface area contributed by atoms with Crippen LogP contribution in [0, 0.1) is 20.8 Å². The highest BCUT2D eigenvalue weighted by Crippen LogP contribution is 2.45. The van der Waals surface area contributed by atoms with E-state index in [0.717, 1.165) is 39.1 Å². The summed E-state index contributed by atoms with van der Waals surface area (Å²) in [6.07, 6.45) is -0.524. The molecule has 3 aromatic carbocycles. The number of hydrogen-bond donors (Lipinski definition) is 1. The molecule has 1 unspecified atom stereocenters. The smallest absolute Gasteiger partial charge is 0.337 e. The largest absolute Gasteiger partial charge is 0.497 e. The van der Waals surface area contributed by atoms with Crippen molar-refractivity contribution in [2.24, 2.45) is 0 Å². The number of hydrogen-bond acceptors (Lipinski definition) is 4. The first kappa shape index (κ1) is 26.4. The van der Waals surface area contributed by atoms with E-state index in [1.807, 2.05) is 77.9 Å². The Balaban J connectivity index is 1.91. The number of benzene rings is 3. The quantitative estimate of drug-likeness (QED) is 0.421. The Morgan fingerprint density at radius 2 is 1.65 bits per heavy atom. The van der Waals surface area contributed by atoms with Crippen LogP contribution in [0.1, 0.15) is 65.1 Å². The summed E-state index contributed by atoms with van der Waals surface area (Å²) in [5, 5.41) is 10.2. The number of carbonyl (C=O) groups is 2. The third-order valence-electron chi connectivity index (χ3n) is 6.74. The van der Waals surface area contributed by atoms with Gasteiger partial charge in [-0.15, -0.1) is 0 Å². The number of aliphatic carboxylic acids is 1. The van der Waals surface area contributed by atoms with Crippen molar-refractivity contribution in [1.29, 1.82) is 0 Å². The van der Waals surface area contributed by atoms with E-state index in [9.17, 15) is 14.7 Å². The Hall–Kier alpha value is -3.64. The second kappa shape index (κ2) is 10.0. The predicted octanol–water partition coefficient (Wildman–Crippen LogP) is 6.43. The molecule has 3 aromatic rings. The Bertz CT molecular complexity index is 1350. The molecule has 0 radical (unpaired) electrons. The zero-order valence-electron chi connectivity index (χ0n) is 22.6. The molecule has 0 fully saturated rings. The molecule has 194 valence electrons. The Morgan fingerprint density at radius 1 is 0.973 bits per heavy atom. The highest BCUT2D eigenvalue weighted by atomic mass is 16.5. The van der Waals surface area contributed by atoms with Crippen LogP contribution in [0.25, 0.3) is 11.1 Å². The average molecular weight is 502 g/mol. The molecular formula is C31H35NO5. The molecule has 0 saturated heterocycles. The topological polar surface area (TPSA) is 76.1 Å². The van der Waals surface area contributed by atoms with Crippen molar-refractivity contribution in [3.8, 4) is 16.9 Å². The van der Waals surface area contributed by atoms with E-state index in [2.05, 4.69) is 0 Å². The van der Waals surface area contributed by atoms with Gasteiger partial charge in [0.15, 0.2) is 6.10 Å². The second-order valence-electron chi connectivity index (χ2n) is 10.7. The monoisotopic (exact) mass is 501 g/mol. The Kier molecular flexibility index (Phi) is 7.16. The van der Waals surface area contributed by atoms with Crippen molar-refractivity contribution in [2.75, 3.05) is 18.6 Å². The second-order valence-corrected chi connectivity index (χ2v) is 10.7. The van der Waals surface area contributed by atoms with Crippen LogP contribution in [-0.2, 0) is 16.0 Å². The van der Waals surface area contributed by atoms with Crippen LogP contribution in [0.15, 0.2) is 48.5 Å². The van der Waals surface area contributed by atoms with Crippen LogP contribution in [0.2, 0.25) is 0 Å². The zero-order chi connectivity index (χ0) is 27.1. The molecular weight excluding hydrogens is 466 g/mol. The van der Waals surface area contributed by atoms with Gasteiger partial charge in [0.2, 0.25) is 0 Å². The fourth-order valence-electron chi connectivity index (χ4n) is 5.03. The fourth-order valence-corrected chi connectivity index (χ4v) is 5.03. The number of nitrogens with zero attached hydrogens (tertiary/aromatic N) is 1. The molecule has 0 saturated carbocycles. The van der Waals surface area contributed by atoms with Crippen molar-refractivity contribution in [1.82, 2.24) is 0 Å². The van der Waals surface area contributed by atoms with E-state index in [-0.39, 0.29) is 5.91 Å². The van der Waals surface area contributed by atoms with Gasteiger partial charge in [0.05, 0.1) is 12.7 Å². The lowest BCUT2D eigenvalue weighted by atomic mass is 9.86. The maximum absolute atomic E-state index is 13.7. The van der Waals surface area contributed by atoms with E-state index in [0.29, 0.717) is 29.8 Å². The molecule has 1 heterocycles. The number of methoxy groups -OCH3 is 1. The van der Waals surface area contributed by atoms with E-state index >= 15 is 0 Å². The first-order valence-corrected chi connectivity index (χ1v) is 12.5. The van der Waals surface area contributed by atoms with Crippen molar-refractivity contribution >= 4 is 17.6 Å². The van der Waals surface area contributed by atoms with Gasteiger partial charge in [0, 0.05) is 23.4 Å². The number of carbonyl (C=O) groups excluding carboxylic acids is 1. The molecule has 0 aromatic heterocycles. The highest BCUT2D eigenvalue weighted by Gasteiger charge is 2.36. The third-order valence-corrected chi connectivity index (χ3v) is 6.74. The highest BCUT2D eigenvalue weighted by molar-refractivity contribution is 6.09. The standard InChI is InChI=1S/C31H35NO5/c1-18-8-10-21(11-9-18)27-24-14-15-32(29(33)23-13-12-22(36-7)16-19(23)2)25(24)17-20(3)26(27)28(30(34)35)37-31(4,5)6/h8-13,16-17,28H,14-15H2,1-7H3,(H,34,35). The maximum Gasteiger partial charge on any atom is 0.337 e. The molecule has 1 atom stereocenters. The van der Waals surface area contributed by atoms with Gasteiger partial charge < -0.3 is 19.5 Å². The summed E-state index contributed by atoms with van der Waals surface area (Å²) in [4.78, 5) is 28.0. The van der Waals surface area contributed by atoms with Crippen LogP contribution >= 0.6 is 0 Å². The zero-order valence-corrected chi connectivity index (χ0v) is 22.6. The predicted molar refractivity (Wildman–Crippen MR) is 146 cm³/mol. The average Bonchev–Trinajstić information content (AvgIpc) is 3.24. The van der Waals surface area contributed by atoms with Gasteiger partial charge in [-0.1, -0.05) is 29.8 Å². The van der Waals surface area contributed by atoms with Crippen molar-refractivity contribution in [2.45, 2.75) is 59.7 Å². The molecule has 1 aliphatic rings. The Labute approximate surface area is 218 Å². The summed E-state index contributed by atoms with van der Waals surface area (Å²) in [5.74, 6) is -0.413. The summed E-state index contributed by atoms with van der Waals surface area (Å²) < 4.78 is 11.4. The number of carboxylic acid groups (broad SMARTS) is 1. The first-order chi connectivity index (χ1) is 17.4. The molecule has 6 heteroatoms. The van der Waals surface area contributed by atoms with Crippen LogP contribution < -0.4 is 9.64 Å². The molecule has 37 heavy (non-hydrogen) atoms. The molecule has 1 N–H and O–H groups in total. The lowest BCUT2D eigenvalue weighted by Gasteiger charge is -2.29. The summed E-state index contributed by atoms with van der Waals surface area (Å²) in [6, 6.07) is 15.5. The minimum atomic E-state index is -1.14. The van der Waals surface area contributed by atoms with E-state index in [1.54, 1.807) is 24.1 Å². The molecule has 4 rings (SSSR count). The first-order valence-electron chi connectivity index (χ1n) is 12.5. The normalized spacial score (nSPS) is 13.9. The lowest BCUT2D eigenvalue weighted by molar-refractivity contribution is -0.160. The molecule has 0 bridgehead atoms. The SMILES string of the molecule is COc1ccc(C(=O)N2CCc3c2cc(C)c(C(OC(C)(C)C)C(=O)O)c3-c2ccc(C)cc2)c(C)c1. The van der Waals surface area contributed by atoms with E-state index in [1.165, 1.54) is 0 Å². The maximum atomic E-state index is 13.7. The van der Waals surface area contributed by atoms with Crippen molar-refractivity contribution in [3.05, 3.63) is 81.9 Å². The van der Waals surface area contributed by atoms with Gasteiger partial charge in [-0.05, 0) is 100 Å². The number of fused-ring (bicyclic) bond motifs is 1. The molecule has 1 amide bonds. The van der Waals surface area contributed by atoms with Crippen molar-refractivity contribution in [3.63, 3.8) is 0 Å². The summed E-state index contributed by atoms with van der Waals surface area (Å²) >= 11 is 0. The lowest BCUT2D eigenvalue weighted by Crippen LogP contribution is -2.30.